The number of alkyl halides is 3. The molecule has 0 amide bonds. The molecule has 0 aliphatic carbocycles. The molecule has 2 aliphatic heterocycles. The van der Waals surface area contributed by atoms with Crippen molar-refractivity contribution < 1.29 is 17.9 Å². The van der Waals surface area contributed by atoms with Gasteiger partial charge in [0, 0.05) is 22.4 Å². The minimum Gasteiger partial charge on any atom is -0.377 e. The van der Waals surface area contributed by atoms with E-state index in [1.165, 1.54) is 4.88 Å². The summed E-state index contributed by atoms with van der Waals surface area (Å²) in [5.74, 6) is 0.813. The van der Waals surface area contributed by atoms with Crippen LogP contribution in [-0.2, 0) is 10.5 Å². The summed E-state index contributed by atoms with van der Waals surface area (Å²) in [5.41, 5.74) is 2.67. The molecule has 0 spiro atoms. The lowest BCUT2D eigenvalue weighted by molar-refractivity contribution is -0.115. The second-order valence-corrected chi connectivity index (χ2v) is 9.84. The molecule has 4 heterocycles. The molecule has 158 valence electrons. The number of hydrogen-bond acceptors (Lipinski definition) is 7. The first-order valence-corrected chi connectivity index (χ1v) is 11.3. The van der Waals surface area contributed by atoms with E-state index in [2.05, 4.69) is 20.2 Å². The second kappa shape index (κ2) is 8.31. The smallest absolute Gasteiger partial charge is 0.377 e. The quantitative estimate of drug-likeness (QED) is 0.647. The largest absolute Gasteiger partial charge is 0.405 e. The summed E-state index contributed by atoms with van der Waals surface area (Å²) in [5, 5.41) is 2.45. The van der Waals surface area contributed by atoms with Gasteiger partial charge in [0.1, 0.15) is 12.4 Å². The molecule has 0 radical (unpaired) electrons. The Labute approximate surface area is 176 Å². The van der Waals surface area contributed by atoms with Crippen molar-refractivity contribution in [1.29, 1.82) is 0 Å². The van der Waals surface area contributed by atoms with Crippen LogP contribution < -0.4 is 10.2 Å². The molecule has 10 heteroatoms. The third-order valence-electron chi connectivity index (χ3n) is 5.22. The highest BCUT2D eigenvalue weighted by Gasteiger charge is 2.37. The topological polar surface area (TPSA) is 50.3 Å². The van der Waals surface area contributed by atoms with E-state index < -0.39 is 12.7 Å². The Hall–Kier alpha value is -1.52. The Balaban J connectivity index is 1.57. The Bertz CT molecular complexity index is 838. The second-order valence-electron chi connectivity index (χ2n) is 7.41. The molecule has 2 atom stereocenters. The number of nitrogens with zero attached hydrogens (tertiary/aromatic N) is 3. The van der Waals surface area contributed by atoms with Gasteiger partial charge in [-0.05, 0) is 32.8 Å². The summed E-state index contributed by atoms with van der Waals surface area (Å²) in [6, 6.07) is 4.28. The van der Waals surface area contributed by atoms with Crippen LogP contribution in [0.3, 0.4) is 0 Å². The molecule has 4 rings (SSSR count). The maximum absolute atomic E-state index is 12.7. The fraction of sp³-hybridized carbons (Fsp3) is 0.579. The van der Waals surface area contributed by atoms with Gasteiger partial charge in [-0.15, -0.1) is 11.3 Å². The van der Waals surface area contributed by atoms with Crippen LogP contribution >= 0.6 is 23.1 Å². The minimum absolute atomic E-state index is 0.257. The zero-order valence-corrected chi connectivity index (χ0v) is 17.9. The molecule has 2 saturated heterocycles. The van der Waals surface area contributed by atoms with Crippen molar-refractivity contribution in [3.8, 4) is 0 Å². The Morgan fingerprint density at radius 1 is 1.21 bits per heavy atom. The lowest BCUT2D eigenvalue weighted by Gasteiger charge is -2.37. The normalized spacial score (nSPS) is 21.6. The van der Waals surface area contributed by atoms with Crippen LogP contribution in [-0.4, -0.2) is 48.0 Å². The van der Waals surface area contributed by atoms with Crippen molar-refractivity contribution in [2.75, 3.05) is 30.0 Å². The highest BCUT2D eigenvalue weighted by molar-refractivity contribution is 8.00. The standard InChI is InChI=1S/C19H23F3N4OS2/c1-11-12(2)29-18(24-11)28-9-13-5-16(6-17(25-13)23-10-19(20,21)22)26-14-3-4-15(26)8-27-7-14/h5-6,14-15H,3-4,7-10H2,1-2H3,(H,23,25). The number of hydrogen-bond donors (Lipinski definition) is 1. The third kappa shape index (κ3) is 4.97. The fourth-order valence-electron chi connectivity index (χ4n) is 3.77. The molecule has 2 fully saturated rings. The van der Waals surface area contributed by atoms with Crippen LogP contribution in [0.25, 0.3) is 0 Å². The maximum atomic E-state index is 12.7. The molecule has 2 bridgehead atoms. The molecule has 0 saturated carbocycles. The molecule has 0 aromatic carbocycles. The van der Waals surface area contributed by atoms with Crippen molar-refractivity contribution in [2.45, 2.75) is 55.0 Å². The average Bonchev–Trinajstić information content (AvgIpc) is 3.12. The van der Waals surface area contributed by atoms with Gasteiger partial charge in [-0.25, -0.2) is 9.97 Å². The van der Waals surface area contributed by atoms with E-state index in [9.17, 15) is 13.2 Å². The van der Waals surface area contributed by atoms with Gasteiger partial charge in [-0.3, -0.25) is 0 Å². The van der Waals surface area contributed by atoms with Gasteiger partial charge in [0.25, 0.3) is 0 Å². The SMILES string of the molecule is Cc1nc(SCc2cc(N3C4CCC3COC4)cc(NCC(F)(F)F)n2)sc1C. The number of aryl methyl sites for hydroxylation is 2. The zero-order chi connectivity index (χ0) is 20.6. The van der Waals surface area contributed by atoms with Crippen molar-refractivity contribution in [2.24, 2.45) is 0 Å². The molecular weight excluding hydrogens is 421 g/mol. The molecule has 5 nitrogen and oxygen atoms in total. The molecule has 2 aromatic rings. The minimum atomic E-state index is -4.29. The Morgan fingerprint density at radius 3 is 2.55 bits per heavy atom. The number of morpholine rings is 1. The number of pyridine rings is 1. The van der Waals surface area contributed by atoms with Crippen molar-refractivity contribution in [3.63, 3.8) is 0 Å². The van der Waals surface area contributed by atoms with Gasteiger partial charge < -0.3 is 15.0 Å². The predicted molar refractivity (Wildman–Crippen MR) is 110 cm³/mol. The van der Waals surface area contributed by atoms with E-state index in [0.717, 1.165) is 34.3 Å². The van der Waals surface area contributed by atoms with Crippen LogP contribution in [0.15, 0.2) is 16.5 Å². The van der Waals surface area contributed by atoms with Gasteiger partial charge in [-0.1, -0.05) is 11.8 Å². The van der Waals surface area contributed by atoms with Crippen molar-refractivity contribution in [3.05, 3.63) is 28.4 Å². The highest BCUT2D eigenvalue weighted by atomic mass is 32.2. The first-order valence-electron chi connectivity index (χ1n) is 9.53. The van der Waals surface area contributed by atoms with Crippen molar-refractivity contribution in [1.82, 2.24) is 9.97 Å². The lowest BCUT2D eigenvalue weighted by atomic mass is 10.2. The van der Waals surface area contributed by atoms with Crippen LogP contribution in [0, 0.1) is 13.8 Å². The predicted octanol–water partition coefficient (Wildman–Crippen LogP) is 4.79. The fourth-order valence-corrected chi connectivity index (χ4v) is 5.81. The van der Waals surface area contributed by atoms with Gasteiger partial charge in [-0.2, -0.15) is 13.2 Å². The Kier molecular flexibility index (Phi) is 5.94. The molecule has 2 unspecified atom stereocenters. The van der Waals surface area contributed by atoms with E-state index in [0.29, 0.717) is 19.0 Å². The van der Waals surface area contributed by atoms with Gasteiger partial charge in [0.2, 0.25) is 0 Å². The summed E-state index contributed by atoms with van der Waals surface area (Å²) < 4.78 is 44.7. The first kappa shape index (κ1) is 20.7. The number of thioether (sulfide) groups is 1. The number of halogens is 3. The summed E-state index contributed by atoms with van der Waals surface area (Å²) in [4.78, 5) is 12.4. The zero-order valence-electron chi connectivity index (χ0n) is 16.3. The molecule has 1 N–H and O–H groups in total. The van der Waals surface area contributed by atoms with Gasteiger partial charge in [0.05, 0.1) is 36.7 Å². The monoisotopic (exact) mass is 444 g/mol. The van der Waals surface area contributed by atoms with Crippen molar-refractivity contribution >= 4 is 34.6 Å². The molecule has 2 aromatic heterocycles. The lowest BCUT2D eigenvalue weighted by Crippen LogP contribution is -2.46. The summed E-state index contributed by atoms with van der Waals surface area (Å²) in [7, 11) is 0. The molecule has 2 aliphatic rings. The van der Waals surface area contributed by atoms with Crippen LogP contribution in [0.5, 0.6) is 0 Å². The number of anilines is 2. The van der Waals surface area contributed by atoms with Crippen LogP contribution in [0.4, 0.5) is 24.7 Å². The number of fused-ring (bicyclic) bond motifs is 2. The van der Waals surface area contributed by atoms with Crippen LogP contribution in [0.2, 0.25) is 0 Å². The molecule has 29 heavy (non-hydrogen) atoms. The van der Waals surface area contributed by atoms with E-state index in [1.807, 2.05) is 19.9 Å². The van der Waals surface area contributed by atoms with E-state index in [1.54, 1.807) is 29.2 Å². The summed E-state index contributed by atoms with van der Waals surface area (Å²) in [6.07, 6.45) is -2.21. The van der Waals surface area contributed by atoms with Gasteiger partial charge >= 0.3 is 6.18 Å². The van der Waals surface area contributed by atoms with E-state index in [-0.39, 0.29) is 17.9 Å². The highest BCUT2D eigenvalue weighted by Crippen LogP contribution is 2.36. The van der Waals surface area contributed by atoms with Gasteiger partial charge in [0.15, 0.2) is 4.34 Å². The van der Waals surface area contributed by atoms with E-state index >= 15 is 0 Å². The average molecular weight is 445 g/mol. The number of rotatable bonds is 6. The number of aromatic nitrogens is 2. The third-order valence-corrected chi connectivity index (χ3v) is 7.47. The Morgan fingerprint density at radius 2 is 1.93 bits per heavy atom. The molecular formula is C19H23F3N4OS2. The maximum Gasteiger partial charge on any atom is 0.405 e. The number of nitrogens with one attached hydrogen (secondary N) is 1. The summed E-state index contributed by atoms with van der Waals surface area (Å²) in [6.45, 7) is 4.22. The summed E-state index contributed by atoms with van der Waals surface area (Å²) >= 11 is 3.19. The van der Waals surface area contributed by atoms with E-state index in [4.69, 9.17) is 4.74 Å². The number of thiazole rings is 1. The number of ether oxygens (including phenoxy) is 1. The first-order chi connectivity index (χ1) is 13.8. The van der Waals surface area contributed by atoms with Crippen LogP contribution in [0.1, 0.15) is 29.1 Å².